The fraction of sp³-hybridized carbons (Fsp3) is 0.0833. The average molecular weight is 308 g/mol. The number of nitrogens with one attached hydrogen (secondary N) is 1. The lowest BCUT2D eigenvalue weighted by molar-refractivity contribution is -0.385. The van der Waals surface area contributed by atoms with Gasteiger partial charge in [-0.15, -0.1) is 0 Å². The molecule has 18 heavy (non-hydrogen) atoms. The number of rotatable bonds is 3. The summed E-state index contributed by atoms with van der Waals surface area (Å²) < 4.78 is 0.799. The lowest BCUT2D eigenvalue weighted by atomic mass is 10.2. The second-order valence-electron chi connectivity index (χ2n) is 3.72. The summed E-state index contributed by atoms with van der Waals surface area (Å²) in [6.45, 7) is 1.71. The Bertz CT molecular complexity index is 602. The highest BCUT2D eigenvalue weighted by atomic mass is 79.9. The molecule has 0 bridgehead atoms. The second kappa shape index (κ2) is 5.14. The van der Waals surface area contributed by atoms with Crippen LogP contribution in [0.25, 0.3) is 0 Å². The molecule has 0 spiro atoms. The maximum Gasteiger partial charge on any atom is 0.274 e. The minimum atomic E-state index is -0.395. The van der Waals surface area contributed by atoms with Crippen LogP contribution in [-0.4, -0.2) is 9.91 Å². The number of nitrogens with zero attached hydrogens (tertiary/aromatic N) is 2. The number of halogens is 1. The molecule has 0 aliphatic rings. The average Bonchev–Trinajstić information content (AvgIpc) is 2.34. The maximum absolute atomic E-state index is 10.8. The highest BCUT2D eigenvalue weighted by Crippen LogP contribution is 2.27. The van der Waals surface area contributed by atoms with Crippen molar-refractivity contribution in [2.24, 2.45) is 0 Å². The molecule has 0 fully saturated rings. The van der Waals surface area contributed by atoms with E-state index in [4.69, 9.17) is 0 Å². The molecular weight excluding hydrogens is 298 g/mol. The first-order valence-electron chi connectivity index (χ1n) is 5.20. The van der Waals surface area contributed by atoms with Gasteiger partial charge in [0.25, 0.3) is 5.69 Å². The minimum absolute atomic E-state index is 0.0899. The van der Waals surface area contributed by atoms with Gasteiger partial charge in [0.15, 0.2) is 0 Å². The van der Waals surface area contributed by atoms with Crippen molar-refractivity contribution in [3.05, 3.63) is 56.7 Å². The van der Waals surface area contributed by atoms with Crippen LogP contribution in [0.5, 0.6) is 0 Å². The number of hydrogen-bond acceptors (Lipinski definition) is 4. The fourth-order valence-corrected chi connectivity index (χ4v) is 1.85. The van der Waals surface area contributed by atoms with Gasteiger partial charge in [-0.2, -0.15) is 0 Å². The zero-order valence-corrected chi connectivity index (χ0v) is 11.1. The smallest absolute Gasteiger partial charge is 0.274 e. The van der Waals surface area contributed by atoms with Gasteiger partial charge < -0.3 is 5.32 Å². The predicted molar refractivity (Wildman–Crippen MR) is 73.1 cm³/mol. The van der Waals surface area contributed by atoms with Gasteiger partial charge >= 0.3 is 0 Å². The van der Waals surface area contributed by atoms with E-state index in [0.717, 1.165) is 4.47 Å². The van der Waals surface area contributed by atoms with Crippen LogP contribution in [0.3, 0.4) is 0 Å². The molecule has 0 amide bonds. The Morgan fingerprint density at radius 3 is 2.83 bits per heavy atom. The largest absolute Gasteiger partial charge is 0.339 e. The van der Waals surface area contributed by atoms with Crippen LogP contribution in [0.2, 0.25) is 0 Å². The quantitative estimate of drug-likeness (QED) is 0.691. The number of hydrogen-bond donors (Lipinski definition) is 1. The number of anilines is 2. The molecular formula is C12H10BrN3O2. The van der Waals surface area contributed by atoms with Crippen LogP contribution in [0.1, 0.15) is 5.56 Å². The molecule has 0 atom stereocenters. The van der Waals surface area contributed by atoms with E-state index in [-0.39, 0.29) is 5.69 Å². The summed E-state index contributed by atoms with van der Waals surface area (Å²) in [5.74, 6) is 0.621. The first-order valence-corrected chi connectivity index (χ1v) is 6.00. The van der Waals surface area contributed by atoms with Crippen molar-refractivity contribution in [2.45, 2.75) is 6.92 Å². The van der Waals surface area contributed by atoms with Crippen molar-refractivity contribution < 1.29 is 4.92 Å². The number of nitro benzene ring substituents is 1. The van der Waals surface area contributed by atoms with Gasteiger partial charge in [-0.05, 0) is 41.1 Å². The summed E-state index contributed by atoms with van der Waals surface area (Å²) in [4.78, 5) is 14.6. The molecule has 0 saturated heterocycles. The Hall–Kier alpha value is -1.95. The molecule has 92 valence electrons. The Labute approximate surface area is 112 Å². The van der Waals surface area contributed by atoms with Crippen molar-refractivity contribution in [3.8, 4) is 0 Å². The summed E-state index contributed by atoms with van der Waals surface area (Å²) in [6.07, 6.45) is 1.65. The number of aromatic nitrogens is 1. The lowest BCUT2D eigenvalue weighted by Gasteiger charge is -2.07. The van der Waals surface area contributed by atoms with Crippen molar-refractivity contribution in [1.29, 1.82) is 0 Å². The van der Waals surface area contributed by atoms with E-state index in [0.29, 0.717) is 17.1 Å². The Balaban J connectivity index is 2.33. The normalized spacial score (nSPS) is 10.1. The van der Waals surface area contributed by atoms with Crippen LogP contribution < -0.4 is 5.32 Å². The predicted octanol–water partition coefficient (Wildman–Crippen LogP) is 3.80. The second-order valence-corrected chi connectivity index (χ2v) is 4.57. The van der Waals surface area contributed by atoms with E-state index in [2.05, 4.69) is 26.2 Å². The standard InChI is InChI=1S/C12H10BrN3O2/c1-8-4-5-9(7-11(8)16(17)18)15-12-10(13)3-2-6-14-12/h2-7H,1H3,(H,14,15). The van der Waals surface area contributed by atoms with Gasteiger partial charge in [0, 0.05) is 23.5 Å². The molecule has 2 rings (SSSR count). The van der Waals surface area contributed by atoms with Crippen LogP contribution in [0, 0.1) is 17.0 Å². The van der Waals surface area contributed by atoms with Gasteiger partial charge in [0.1, 0.15) is 5.82 Å². The summed E-state index contributed by atoms with van der Waals surface area (Å²) in [6, 6.07) is 8.63. The van der Waals surface area contributed by atoms with Crippen molar-refractivity contribution in [1.82, 2.24) is 4.98 Å². The van der Waals surface area contributed by atoms with E-state index >= 15 is 0 Å². The first kappa shape index (κ1) is 12.5. The third-order valence-electron chi connectivity index (χ3n) is 2.43. The third kappa shape index (κ3) is 2.65. The monoisotopic (exact) mass is 307 g/mol. The Morgan fingerprint density at radius 1 is 1.39 bits per heavy atom. The summed E-state index contributed by atoms with van der Waals surface area (Å²) in [5, 5.41) is 13.9. The van der Waals surface area contributed by atoms with Gasteiger partial charge in [0.05, 0.1) is 9.40 Å². The molecule has 5 nitrogen and oxygen atoms in total. The SMILES string of the molecule is Cc1ccc(Nc2ncccc2Br)cc1[N+](=O)[O-]. The Kier molecular flexibility index (Phi) is 3.57. The van der Waals surface area contributed by atoms with E-state index in [1.54, 1.807) is 31.3 Å². The molecule has 6 heteroatoms. The molecule has 0 aliphatic heterocycles. The third-order valence-corrected chi connectivity index (χ3v) is 3.07. The fourth-order valence-electron chi connectivity index (χ4n) is 1.50. The lowest BCUT2D eigenvalue weighted by Crippen LogP contribution is -1.97. The molecule has 2 aromatic rings. The van der Waals surface area contributed by atoms with Crippen LogP contribution in [0.4, 0.5) is 17.2 Å². The summed E-state index contributed by atoms with van der Waals surface area (Å²) >= 11 is 3.36. The van der Waals surface area contributed by atoms with Crippen LogP contribution >= 0.6 is 15.9 Å². The van der Waals surface area contributed by atoms with E-state index in [1.165, 1.54) is 6.07 Å². The van der Waals surface area contributed by atoms with Crippen LogP contribution in [-0.2, 0) is 0 Å². The summed E-state index contributed by atoms with van der Waals surface area (Å²) in [7, 11) is 0. The molecule has 1 aromatic carbocycles. The zero-order valence-electron chi connectivity index (χ0n) is 9.55. The van der Waals surface area contributed by atoms with Gasteiger partial charge in [0.2, 0.25) is 0 Å². The number of aryl methyl sites for hydroxylation is 1. The molecule has 1 aromatic heterocycles. The zero-order chi connectivity index (χ0) is 13.1. The van der Waals surface area contributed by atoms with Gasteiger partial charge in [-0.1, -0.05) is 6.07 Å². The molecule has 0 aliphatic carbocycles. The van der Waals surface area contributed by atoms with E-state index < -0.39 is 4.92 Å². The van der Waals surface area contributed by atoms with E-state index in [9.17, 15) is 10.1 Å². The molecule has 1 heterocycles. The number of benzene rings is 1. The molecule has 0 saturated carbocycles. The first-order chi connectivity index (χ1) is 8.58. The molecule has 0 radical (unpaired) electrons. The molecule has 1 N–H and O–H groups in total. The van der Waals surface area contributed by atoms with Crippen molar-refractivity contribution in [3.63, 3.8) is 0 Å². The Morgan fingerprint density at radius 2 is 2.17 bits per heavy atom. The van der Waals surface area contributed by atoms with Crippen LogP contribution in [0.15, 0.2) is 41.0 Å². The van der Waals surface area contributed by atoms with Crippen molar-refractivity contribution in [2.75, 3.05) is 5.32 Å². The van der Waals surface area contributed by atoms with Crippen molar-refractivity contribution >= 4 is 33.1 Å². The highest BCUT2D eigenvalue weighted by molar-refractivity contribution is 9.10. The number of nitro groups is 1. The highest BCUT2D eigenvalue weighted by Gasteiger charge is 2.11. The molecule has 0 unspecified atom stereocenters. The topological polar surface area (TPSA) is 68.1 Å². The number of pyridine rings is 1. The summed E-state index contributed by atoms with van der Waals surface area (Å²) in [5.41, 5.74) is 1.35. The van der Waals surface area contributed by atoms with Gasteiger partial charge in [-0.3, -0.25) is 10.1 Å². The van der Waals surface area contributed by atoms with Gasteiger partial charge in [-0.25, -0.2) is 4.98 Å². The maximum atomic E-state index is 10.8. The van der Waals surface area contributed by atoms with E-state index in [1.807, 2.05) is 6.07 Å². The minimum Gasteiger partial charge on any atom is -0.339 e.